The average Bonchev–Trinajstić information content (AvgIpc) is 3.09. The van der Waals surface area contributed by atoms with Gasteiger partial charge in [-0.05, 0) is 41.7 Å². The summed E-state index contributed by atoms with van der Waals surface area (Å²) in [6.45, 7) is 8.68. The van der Waals surface area contributed by atoms with Crippen LogP contribution in [0, 0.1) is 6.92 Å². The number of hydrogen-bond donors (Lipinski definition) is 1. The Morgan fingerprint density at radius 2 is 1.48 bits per heavy atom. The summed E-state index contributed by atoms with van der Waals surface area (Å²) >= 11 is 0. The van der Waals surface area contributed by atoms with Gasteiger partial charge in [-0.15, -0.1) is 0 Å². The molecule has 4 rings (SSSR count). The summed E-state index contributed by atoms with van der Waals surface area (Å²) in [5.41, 5.74) is 6.36. The molecule has 0 atom stereocenters. The minimum atomic E-state index is -0.162. The van der Waals surface area contributed by atoms with E-state index in [0.29, 0.717) is 0 Å². The van der Waals surface area contributed by atoms with Crippen molar-refractivity contribution in [2.45, 2.75) is 33.1 Å². The number of aromatic nitrogens is 1. The Kier molecular flexibility index (Phi) is 4.75. The summed E-state index contributed by atoms with van der Waals surface area (Å²) in [5.74, 6) is 0. The van der Waals surface area contributed by atoms with Gasteiger partial charge in [0.2, 0.25) is 0 Å². The van der Waals surface area contributed by atoms with Crippen molar-refractivity contribution in [3.05, 3.63) is 90.1 Å². The van der Waals surface area contributed by atoms with Crippen LogP contribution in [0.5, 0.6) is 0 Å². The first-order valence-corrected chi connectivity index (χ1v) is 9.92. The number of nitrogens with zero attached hydrogens (tertiary/aromatic N) is 1. The van der Waals surface area contributed by atoms with Gasteiger partial charge in [-0.1, -0.05) is 80.9 Å². The molecule has 0 bridgehead atoms. The highest BCUT2D eigenvalue weighted by Crippen LogP contribution is 2.37. The zero-order valence-corrected chi connectivity index (χ0v) is 17.4. The van der Waals surface area contributed by atoms with Crippen LogP contribution in [-0.4, -0.2) is 10.6 Å². The number of para-hydroxylation sites is 1. The number of benzene rings is 3. The predicted molar refractivity (Wildman–Crippen MR) is 122 cm³/mol. The third-order valence-electron chi connectivity index (χ3n) is 5.26. The molecule has 0 fully saturated rings. The predicted octanol–water partition coefficient (Wildman–Crippen LogP) is 6.99. The van der Waals surface area contributed by atoms with Crippen LogP contribution in [0.1, 0.15) is 31.9 Å². The maximum Gasteiger partial charge on any atom is 0.330 e. The molecule has 146 valence electrons. The number of carbonyl (C=O) groups excluding carboxylic acids is 1. The molecule has 1 amide bonds. The zero-order valence-electron chi connectivity index (χ0n) is 17.4. The van der Waals surface area contributed by atoms with E-state index in [9.17, 15) is 4.79 Å². The largest absolute Gasteiger partial charge is 0.330 e. The Balaban J connectivity index is 1.83. The van der Waals surface area contributed by atoms with E-state index in [2.05, 4.69) is 56.4 Å². The number of anilines is 1. The van der Waals surface area contributed by atoms with E-state index in [0.717, 1.165) is 33.3 Å². The number of nitrogens with one attached hydrogen (secondary N) is 1. The van der Waals surface area contributed by atoms with Crippen molar-refractivity contribution in [3.8, 4) is 11.1 Å². The van der Waals surface area contributed by atoms with Crippen LogP contribution in [0.2, 0.25) is 0 Å². The van der Waals surface area contributed by atoms with Crippen LogP contribution in [-0.2, 0) is 5.41 Å². The second kappa shape index (κ2) is 7.25. The number of carbonyl (C=O) groups is 1. The molecule has 0 aliphatic heterocycles. The molecule has 3 nitrogen and oxygen atoms in total. The number of hydrogen-bond acceptors (Lipinski definition) is 1. The van der Waals surface area contributed by atoms with Gasteiger partial charge in [0, 0.05) is 22.8 Å². The standard InChI is InChI=1S/C26H26N2O/c1-18-13-15-19(16-14-18)27-25(29)28-17-22(21-10-6-8-12-24(21)28)20-9-5-7-11-23(20)26(2,3)4/h5-17H,1-4H3,(H,27,29). The van der Waals surface area contributed by atoms with Crippen molar-refractivity contribution in [1.82, 2.24) is 4.57 Å². The van der Waals surface area contributed by atoms with Gasteiger partial charge in [0.25, 0.3) is 0 Å². The van der Waals surface area contributed by atoms with Crippen molar-refractivity contribution >= 4 is 22.6 Å². The Labute approximate surface area is 172 Å². The van der Waals surface area contributed by atoms with Crippen LogP contribution in [0.15, 0.2) is 79.0 Å². The van der Waals surface area contributed by atoms with Crippen LogP contribution >= 0.6 is 0 Å². The summed E-state index contributed by atoms with van der Waals surface area (Å²) in [4.78, 5) is 13.1. The van der Waals surface area contributed by atoms with E-state index in [1.807, 2.05) is 55.6 Å². The van der Waals surface area contributed by atoms with E-state index >= 15 is 0 Å². The molecule has 0 radical (unpaired) electrons. The first-order chi connectivity index (χ1) is 13.8. The van der Waals surface area contributed by atoms with Gasteiger partial charge in [0.1, 0.15) is 0 Å². The SMILES string of the molecule is Cc1ccc(NC(=O)n2cc(-c3ccccc3C(C)(C)C)c3ccccc32)cc1. The number of fused-ring (bicyclic) bond motifs is 1. The lowest BCUT2D eigenvalue weighted by Gasteiger charge is -2.22. The van der Waals surface area contributed by atoms with Crippen molar-refractivity contribution < 1.29 is 4.79 Å². The smallest absolute Gasteiger partial charge is 0.307 e. The first-order valence-electron chi connectivity index (χ1n) is 9.92. The van der Waals surface area contributed by atoms with E-state index in [-0.39, 0.29) is 11.4 Å². The van der Waals surface area contributed by atoms with E-state index in [1.165, 1.54) is 5.56 Å². The second-order valence-corrected chi connectivity index (χ2v) is 8.52. The third kappa shape index (κ3) is 3.68. The van der Waals surface area contributed by atoms with Crippen LogP contribution in [0.25, 0.3) is 22.0 Å². The fourth-order valence-electron chi connectivity index (χ4n) is 3.75. The summed E-state index contributed by atoms with van der Waals surface area (Å²) < 4.78 is 1.71. The van der Waals surface area contributed by atoms with E-state index in [4.69, 9.17) is 0 Å². The van der Waals surface area contributed by atoms with Crippen molar-refractivity contribution in [2.75, 3.05) is 5.32 Å². The molecular formula is C26H26N2O. The van der Waals surface area contributed by atoms with Gasteiger partial charge in [0.15, 0.2) is 0 Å². The maximum absolute atomic E-state index is 13.1. The van der Waals surface area contributed by atoms with Gasteiger partial charge in [0.05, 0.1) is 5.52 Å². The Morgan fingerprint density at radius 3 is 2.21 bits per heavy atom. The number of aryl methyl sites for hydroxylation is 1. The van der Waals surface area contributed by atoms with E-state index < -0.39 is 0 Å². The zero-order chi connectivity index (χ0) is 20.6. The van der Waals surface area contributed by atoms with Crippen molar-refractivity contribution in [1.29, 1.82) is 0 Å². The molecule has 1 aromatic heterocycles. The molecule has 0 aliphatic carbocycles. The van der Waals surface area contributed by atoms with Gasteiger partial charge in [-0.2, -0.15) is 0 Å². The summed E-state index contributed by atoms with van der Waals surface area (Å²) in [5, 5.41) is 4.08. The van der Waals surface area contributed by atoms with Crippen molar-refractivity contribution in [2.24, 2.45) is 0 Å². The van der Waals surface area contributed by atoms with Gasteiger partial charge in [-0.25, -0.2) is 4.79 Å². The molecule has 29 heavy (non-hydrogen) atoms. The minimum Gasteiger partial charge on any atom is -0.307 e. The molecule has 4 aromatic rings. The highest BCUT2D eigenvalue weighted by atomic mass is 16.2. The van der Waals surface area contributed by atoms with Crippen LogP contribution in [0.4, 0.5) is 10.5 Å². The Hall–Kier alpha value is -3.33. The van der Waals surface area contributed by atoms with Gasteiger partial charge in [-0.3, -0.25) is 4.57 Å². The van der Waals surface area contributed by atoms with Crippen LogP contribution in [0.3, 0.4) is 0 Å². The van der Waals surface area contributed by atoms with Crippen molar-refractivity contribution in [3.63, 3.8) is 0 Å². The minimum absolute atomic E-state index is 0.00392. The highest BCUT2D eigenvalue weighted by Gasteiger charge is 2.22. The molecular weight excluding hydrogens is 356 g/mol. The summed E-state index contributed by atoms with van der Waals surface area (Å²) in [6.07, 6.45) is 1.96. The monoisotopic (exact) mass is 382 g/mol. The molecule has 0 spiro atoms. The topological polar surface area (TPSA) is 34.0 Å². The maximum atomic E-state index is 13.1. The lowest BCUT2D eigenvalue weighted by Crippen LogP contribution is -2.18. The average molecular weight is 383 g/mol. The fraction of sp³-hybridized carbons (Fsp3) is 0.192. The normalized spacial score (nSPS) is 11.6. The number of amides is 1. The van der Waals surface area contributed by atoms with E-state index in [1.54, 1.807) is 4.57 Å². The molecule has 3 aromatic carbocycles. The molecule has 0 aliphatic rings. The Bertz CT molecular complexity index is 1180. The van der Waals surface area contributed by atoms with Crippen LogP contribution < -0.4 is 5.32 Å². The van der Waals surface area contributed by atoms with Gasteiger partial charge >= 0.3 is 6.03 Å². The highest BCUT2D eigenvalue weighted by molar-refractivity contribution is 6.05. The molecule has 1 N–H and O–H groups in total. The molecule has 0 saturated heterocycles. The Morgan fingerprint density at radius 1 is 0.828 bits per heavy atom. The third-order valence-corrected chi connectivity index (χ3v) is 5.26. The summed E-state index contributed by atoms with van der Waals surface area (Å²) in [7, 11) is 0. The first kappa shape index (κ1) is 19.0. The number of rotatable bonds is 2. The second-order valence-electron chi connectivity index (χ2n) is 8.52. The molecule has 1 heterocycles. The summed E-state index contributed by atoms with van der Waals surface area (Å²) in [6, 6.07) is 24.2. The lowest BCUT2D eigenvalue weighted by atomic mass is 9.82. The molecule has 0 saturated carbocycles. The molecule has 0 unspecified atom stereocenters. The quantitative estimate of drug-likeness (QED) is 0.398. The van der Waals surface area contributed by atoms with Gasteiger partial charge < -0.3 is 5.32 Å². The fourth-order valence-corrected chi connectivity index (χ4v) is 3.75. The lowest BCUT2D eigenvalue weighted by molar-refractivity contribution is 0.254. The molecule has 3 heteroatoms.